The van der Waals surface area contributed by atoms with Crippen LogP contribution >= 0.6 is 0 Å². The van der Waals surface area contributed by atoms with E-state index in [1.54, 1.807) is 13.0 Å². The third-order valence-electron chi connectivity index (χ3n) is 4.47. The predicted octanol–water partition coefficient (Wildman–Crippen LogP) is 2.51. The van der Waals surface area contributed by atoms with E-state index >= 15 is 0 Å². The first-order valence-corrected chi connectivity index (χ1v) is 10.3. The molecule has 1 aliphatic rings. The summed E-state index contributed by atoms with van der Waals surface area (Å²) >= 11 is 0. The number of benzene rings is 2. The van der Waals surface area contributed by atoms with Crippen molar-refractivity contribution in [2.45, 2.75) is 31.1 Å². The van der Waals surface area contributed by atoms with Crippen LogP contribution in [0.15, 0.2) is 47.4 Å². The second kappa shape index (κ2) is 8.02. The second-order valence-electron chi connectivity index (χ2n) is 6.37. The van der Waals surface area contributed by atoms with Gasteiger partial charge in [-0.3, -0.25) is 4.79 Å². The highest BCUT2D eigenvalue weighted by Crippen LogP contribution is 2.23. The number of nitrogens with one attached hydrogen (secondary N) is 1. The molecule has 27 heavy (non-hydrogen) atoms. The minimum absolute atomic E-state index is 0.0243. The van der Waals surface area contributed by atoms with Gasteiger partial charge in [-0.25, -0.2) is 17.9 Å². The van der Waals surface area contributed by atoms with Crippen LogP contribution in [0.1, 0.15) is 45.2 Å². The summed E-state index contributed by atoms with van der Waals surface area (Å²) in [6.07, 6.45) is 3.09. The molecule has 2 aromatic rings. The lowest BCUT2D eigenvalue weighted by Gasteiger charge is -2.08. The maximum absolute atomic E-state index is 12.3. The van der Waals surface area contributed by atoms with Crippen LogP contribution in [0.2, 0.25) is 0 Å². The van der Waals surface area contributed by atoms with Gasteiger partial charge < -0.3 is 4.74 Å². The minimum atomic E-state index is -3.67. The Morgan fingerprint density at radius 3 is 2.59 bits per heavy atom. The summed E-state index contributed by atoms with van der Waals surface area (Å²) in [4.78, 5) is 24.5. The van der Waals surface area contributed by atoms with E-state index in [-0.39, 0.29) is 29.4 Å². The molecule has 1 N–H and O–H groups in total. The van der Waals surface area contributed by atoms with Gasteiger partial charge in [0.15, 0.2) is 12.4 Å². The van der Waals surface area contributed by atoms with Crippen LogP contribution in [0.4, 0.5) is 0 Å². The molecular weight excluding hydrogens is 366 g/mol. The van der Waals surface area contributed by atoms with Crippen LogP contribution in [0.3, 0.4) is 0 Å². The van der Waals surface area contributed by atoms with Crippen LogP contribution in [-0.2, 0) is 27.6 Å². The molecular formula is C20H21NO5S. The average molecular weight is 387 g/mol. The zero-order valence-electron chi connectivity index (χ0n) is 15.0. The van der Waals surface area contributed by atoms with Crippen LogP contribution in [0, 0.1) is 0 Å². The van der Waals surface area contributed by atoms with Crippen molar-refractivity contribution in [1.82, 2.24) is 4.72 Å². The van der Waals surface area contributed by atoms with E-state index in [9.17, 15) is 18.0 Å². The molecule has 3 rings (SSSR count). The van der Waals surface area contributed by atoms with Crippen LogP contribution in [0.25, 0.3) is 0 Å². The number of carbonyl (C=O) groups excluding carboxylic acids is 2. The number of ketones is 1. The predicted molar refractivity (Wildman–Crippen MR) is 100 cm³/mol. The first-order valence-electron chi connectivity index (χ1n) is 8.82. The number of Topliss-reactive ketones (excluding diaryl/α,β-unsaturated/α-hetero) is 1. The summed E-state index contributed by atoms with van der Waals surface area (Å²) in [5, 5.41) is 0. The molecule has 0 heterocycles. The second-order valence-corrected chi connectivity index (χ2v) is 8.13. The van der Waals surface area contributed by atoms with Gasteiger partial charge in [0.2, 0.25) is 10.0 Å². The van der Waals surface area contributed by atoms with Crippen molar-refractivity contribution in [1.29, 1.82) is 0 Å². The number of esters is 1. The van der Waals surface area contributed by atoms with Crippen molar-refractivity contribution in [3.05, 3.63) is 64.7 Å². The lowest BCUT2D eigenvalue weighted by molar-refractivity contribution is 0.0474. The number of carbonyl (C=O) groups is 2. The fourth-order valence-corrected chi connectivity index (χ4v) is 4.19. The van der Waals surface area contributed by atoms with Gasteiger partial charge in [0.25, 0.3) is 0 Å². The Hall–Kier alpha value is -2.51. The minimum Gasteiger partial charge on any atom is -0.454 e. The van der Waals surface area contributed by atoms with E-state index in [1.807, 2.05) is 12.1 Å². The molecule has 142 valence electrons. The third-order valence-corrected chi connectivity index (χ3v) is 6.01. The summed E-state index contributed by atoms with van der Waals surface area (Å²) in [5.41, 5.74) is 3.04. The van der Waals surface area contributed by atoms with Crippen molar-refractivity contribution in [3.8, 4) is 0 Å². The van der Waals surface area contributed by atoms with E-state index in [1.165, 1.54) is 35.4 Å². The molecule has 7 heteroatoms. The SMILES string of the molecule is CCNS(=O)(=O)c1cccc(C(=O)OCC(=O)c2ccc3c(c2)CCC3)c1. The molecule has 0 radical (unpaired) electrons. The van der Waals surface area contributed by atoms with Gasteiger partial charge in [0, 0.05) is 12.1 Å². The number of hydrogen-bond acceptors (Lipinski definition) is 5. The molecule has 6 nitrogen and oxygen atoms in total. The van der Waals surface area contributed by atoms with Crippen molar-refractivity contribution in [2.75, 3.05) is 13.2 Å². The Bertz CT molecular complexity index is 982. The van der Waals surface area contributed by atoms with Gasteiger partial charge in [-0.1, -0.05) is 25.1 Å². The zero-order valence-corrected chi connectivity index (χ0v) is 15.8. The lowest BCUT2D eigenvalue weighted by atomic mass is 10.0. The van der Waals surface area contributed by atoms with Gasteiger partial charge in [-0.2, -0.15) is 0 Å². The lowest BCUT2D eigenvalue weighted by Crippen LogP contribution is -2.23. The van der Waals surface area contributed by atoms with Crippen molar-refractivity contribution < 1.29 is 22.7 Å². The molecule has 0 saturated carbocycles. The zero-order chi connectivity index (χ0) is 19.4. The molecule has 2 aromatic carbocycles. The molecule has 0 atom stereocenters. The Kier molecular flexibility index (Phi) is 5.72. The molecule has 0 fully saturated rings. The molecule has 0 amide bonds. The molecule has 0 saturated heterocycles. The molecule has 0 bridgehead atoms. The summed E-state index contributed by atoms with van der Waals surface area (Å²) in [5.74, 6) is -1.02. The summed E-state index contributed by atoms with van der Waals surface area (Å²) < 4.78 is 31.5. The highest BCUT2D eigenvalue weighted by molar-refractivity contribution is 7.89. The van der Waals surface area contributed by atoms with Crippen molar-refractivity contribution in [3.63, 3.8) is 0 Å². The van der Waals surface area contributed by atoms with E-state index in [0.717, 1.165) is 19.3 Å². The molecule has 0 aromatic heterocycles. The smallest absolute Gasteiger partial charge is 0.338 e. The monoisotopic (exact) mass is 387 g/mol. The van der Waals surface area contributed by atoms with E-state index in [0.29, 0.717) is 5.56 Å². The topological polar surface area (TPSA) is 89.5 Å². The number of sulfonamides is 1. The standard InChI is InChI=1S/C20H21NO5S/c1-2-21-27(24,25)18-8-4-7-17(12-18)20(23)26-13-19(22)16-10-9-14-5-3-6-15(14)11-16/h4,7-12,21H,2-3,5-6,13H2,1H3. The van der Waals surface area contributed by atoms with E-state index in [2.05, 4.69) is 4.72 Å². The van der Waals surface area contributed by atoms with Gasteiger partial charge in [-0.15, -0.1) is 0 Å². The Morgan fingerprint density at radius 2 is 1.81 bits per heavy atom. The van der Waals surface area contributed by atoms with Gasteiger partial charge in [0.1, 0.15) is 0 Å². The van der Waals surface area contributed by atoms with Gasteiger partial charge >= 0.3 is 5.97 Å². The number of rotatable bonds is 7. The first-order chi connectivity index (χ1) is 12.9. The summed E-state index contributed by atoms with van der Waals surface area (Å²) in [6, 6.07) is 11.1. The Balaban J connectivity index is 1.66. The quantitative estimate of drug-likeness (QED) is 0.582. The maximum Gasteiger partial charge on any atom is 0.338 e. The Labute approximate surface area is 158 Å². The Morgan fingerprint density at radius 1 is 1.04 bits per heavy atom. The van der Waals surface area contributed by atoms with E-state index < -0.39 is 16.0 Å². The highest BCUT2D eigenvalue weighted by atomic mass is 32.2. The van der Waals surface area contributed by atoms with Gasteiger partial charge in [-0.05, 0) is 54.7 Å². The maximum atomic E-state index is 12.3. The van der Waals surface area contributed by atoms with Crippen LogP contribution in [-0.4, -0.2) is 33.3 Å². The number of hydrogen-bond donors (Lipinski definition) is 1. The largest absolute Gasteiger partial charge is 0.454 e. The number of fused-ring (bicyclic) bond motifs is 1. The summed E-state index contributed by atoms with van der Waals surface area (Å²) in [6.45, 7) is 1.52. The summed E-state index contributed by atoms with van der Waals surface area (Å²) in [7, 11) is -3.67. The highest BCUT2D eigenvalue weighted by Gasteiger charge is 2.18. The van der Waals surface area contributed by atoms with Crippen LogP contribution in [0.5, 0.6) is 0 Å². The van der Waals surface area contributed by atoms with Crippen LogP contribution < -0.4 is 4.72 Å². The average Bonchev–Trinajstić information content (AvgIpc) is 3.13. The van der Waals surface area contributed by atoms with Crippen molar-refractivity contribution in [2.24, 2.45) is 0 Å². The molecule has 0 spiro atoms. The fourth-order valence-electron chi connectivity index (χ4n) is 3.11. The van der Waals surface area contributed by atoms with Crippen molar-refractivity contribution >= 4 is 21.8 Å². The number of aryl methyl sites for hydroxylation is 2. The molecule has 1 aliphatic carbocycles. The normalized spacial score (nSPS) is 13.2. The molecule has 0 unspecified atom stereocenters. The third kappa shape index (κ3) is 4.43. The number of ether oxygens (including phenoxy) is 1. The van der Waals surface area contributed by atoms with E-state index in [4.69, 9.17) is 4.74 Å². The van der Waals surface area contributed by atoms with Gasteiger partial charge in [0.05, 0.1) is 10.5 Å². The fraction of sp³-hybridized carbons (Fsp3) is 0.300. The first kappa shape index (κ1) is 19.3. The molecule has 0 aliphatic heterocycles.